The van der Waals surface area contributed by atoms with Gasteiger partial charge in [-0.15, -0.1) is 0 Å². The molecule has 9 aromatic carbocycles. The fraction of sp³-hybridized carbons (Fsp3) is 0.404. The second-order valence-electron chi connectivity index (χ2n) is 32.9. The van der Waals surface area contributed by atoms with E-state index in [-0.39, 0.29) is 115 Å². The number of ketones is 5. The molecule has 3 fully saturated rings. The van der Waals surface area contributed by atoms with Crippen LogP contribution in [-0.2, 0) is 97.6 Å². The summed E-state index contributed by atoms with van der Waals surface area (Å²) in [4.78, 5) is 129. The monoisotopic (exact) mass is 1710 g/mol. The van der Waals surface area contributed by atoms with Crippen molar-refractivity contribution in [2.24, 2.45) is 0 Å². The van der Waals surface area contributed by atoms with Crippen molar-refractivity contribution in [3.8, 4) is 11.5 Å². The van der Waals surface area contributed by atoms with Crippen LogP contribution in [0, 0.1) is 0 Å². The number of piperidine rings is 3. The number of likely N-dealkylation sites (tertiary alicyclic amines) is 3. The van der Waals surface area contributed by atoms with E-state index >= 15 is 0 Å². The van der Waals surface area contributed by atoms with Crippen molar-refractivity contribution in [3.63, 3.8) is 0 Å². The number of esters is 1. The topological polar surface area (TPSA) is 352 Å². The van der Waals surface area contributed by atoms with Gasteiger partial charge >= 0.3 is 5.97 Å². The molecule has 13 rings (SSSR count). The zero-order valence-corrected chi connectivity index (χ0v) is 73.9. The Morgan fingerprint density at radius 1 is 0.381 bits per heavy atom. The molecule has 668 valence electrons. The lowest BCUT2D eigenvalue weighted by molar-refractivity contribution is -0.144. The number of nitrogens with two attached hydrogens (primary N) is 5. The van der Waals surface area contributed by atoms with Crippen LogP contribution in [0.2, 0.25) is 0 Å². The minimum Gasteiger partial charge on any atom is -0.507 e. The van der Waals surface area contributed by atoms with Crippen LogP contribution in [0.25, 0.3) is 10.8 Å². The standard InChI is InChI=1S/C27H30N2O3.C24H30N2O3.C20H22N2O2.C17H24N2O2.C16H23NO3/c28-21-12-8-19(9-13-21)10-14-22(30)15-17-26(31)29-18-4-3-7-25(29)24-16-11-20-5-1-2-6-23(20)27(24)32;1-29-23-8-3-2-6-21(23)22-7-4-5-17-26(22)24(28)16-15-20(27)14-11-18-9-12-19(25)13-10-18;21-17-8-5-15(6-9-17)7-10-18(23)11-12-20(24)22-14-13-16-3-1-2-4-19(16)22;18-15-7-4-14(5-8-15)6-9-16(20)10-11-17(21)19-12-2-1-3-13-19;1-3-13-11-12(6-9-15(13)17)5-7-14(18)8-10-16(19)20-4-2/h1-2,5-6,8-9,11-13,16,25,32H,3-4,7,10,14-15,17-18,28H2;2-3,6,8-10,12-13,22H,4-5,7,11,14-17,25H2,1H3;1-6,8-9H,7,10-14,21H2;4-5,7-8H,1-3,6,9-13,18H2;6,9,11H,3-5,7-8,10,17H2,1-2H3. The lowest BCUT2D eigenvalue weighted by Crippen LogP contribution is -2.38. The SMILES string of the molecule is CCOC(=O)CCC(=O)CCc1ccc(N)c(CC)c1.COc1ccccc1C1CCCCN1C(=O)CCC(=O)CCc1ccc(N)cc1.Nc1ccc(CCC(=O)CCC(=O)N2CCCCC2)cc1.Nc1ccc(CCC(=O)CCC(=O)N2CCCCC2c2ccc3ccccc3c2O)cc1.Nc1ccc(CCC(=O)CCC(=O)N2CCc3ccccc32)cc1. The molecule has 0 radical (unpaired) electrons. The number of amides is 4. The van der Waals surface area contributed by atoms with Gasteiger partial charge in [-0.3, -0.25) is 47.9 Å². The van der Waals surface area contributed by atoms with E-state index in [1.54, 1.807) is 14.0 Å². The Balaban J connectivity index is 0.000000180. The van der Waals surface area contributed by atoms with Crippen LogP contribution in [0.15, 0.2) is 200 Å². The van der Waals surface area contributed by atoms with E-state index in [4.69, 9.17) is 38.1 Å². The summed E-state index contributed by atoms with van der Waals surface area (Å²) in [7, 11) is 1.66. The molecule has 4 aliphatic rings. The summed E-state index contributed by atoms with van der Waals surface area (Å²) in [6.07, 6.45) is 19.5. The highest BCUT2D eigenvalue weighted by atomic mass is 16.5. The van der Waals surface area contributed by atoms with Crippen LogP contribution in [0.1, 0.15) is 230 Å². The Morgan fingerprint density at radius 2 is 0.794 bits per heavy atom. The Kier molecular flexibility index (Phi) is 40.0. The number of Topliss-reactive ketones (excluding diaryl/α,β-unsaturated/α-hetero) is 5. The molecule has 0 spiro atoms. The molecular weight excluding hydrogens is 1580 g/mol. The fourth-order valence-electron chi connectivity index (χ4n) is 16.3. The van der Waals surface area contributed by atoms with Crippen molar-refractivity contribution >= 4 is 103 Å². The molecule has 3 saturated heterocycles. The Labute approximate surface area is 743 Å². The Morgan fingerprint density at radius 3 is 1.28 bits per heavy atom. The molecule has 126 heavy (non-hydrogen) atoms. The zero-order valence-electron chi connectivity index (χ0n) is 73.9. The van der Waals surface area contributed by atoms with E-state index in [1.807, 2.05) is 214 Å². The quantitative estimate of drug-likeness (QED) is 0.0159. The van der Waals surface area contributed by atoms with Gasteiger partial charge in [-0.1, -0.05) is 140 Å². The first-order valence-electron chi connectivity index (χ1n) is 45.0. The number of phenolic OH excluding ortho intramolecular Hbond substituents is 1. The molecule has 4 heterocycles. The first kappa shape index (κ1) is 97.3. The number of aromatic hydroxyl groups is 1. The number of fused-ring (bicyclic) bond motifs is 2. The number of nitrogens with zero attached hydrogens (tertiary/aromatic N) is 4. The molecule has 11 N–H and O–H groups in total. The summed E-state index contributed by atoms with van der Waals surface area (Å²) in [5.41, 5.74) is 42.8. The van der Waals surface area contributed by atoms with Crippen molar-refractivity contribution in [1.29, 1.82) is 0 Å². The molecule has 0 aromatic heterocycles. The lowest BCUT2D eigenvalue weighted by Gasteiger charge is -2.36. The molecule has 9 aromatic rings. The highest BCUT2D eigenvalue weighted by Crippen LogP contribution is 2.41. The summed E-state index contributed by atoms with van der Waals surface area (Å²) < 4.78 is 10.3. The van der Waals surface area contributed by atoms with Crippen LogP contribution in [0.3, 0.4) is 0 Å². The second kappa shape index (κ2) is 51.7. The average molecular weight is 1710 g/mol. The largest absolute Gasteiger partial charge is 0.507 e. The minimum absolute atomic E-state index is 0.0110. The number of nitrogen functional groups attached to an aromatic ring is 5. The van der Waals surface area contributed by atoms with Gasteiger partial charge in [0.25, 0.3) is 0 Å². The summed E-state index contributed by atoms with van der Waals surface area (Å²) in [5, 5.41) is 12.7. The van der Waals surface area contributed by atoms with Gasteiger partial charge in [-0.25, -0.2) is 0 Å². The number of carbonyl (C=O) groups excluding carboxylic acids is 10. The molecule has 2 unspecified atom stereocenters. The average Bonchev–Trinajstić information content (AvgIpc) is 0.990. The van der Waals surface area contributed by atoms with Crippen molar-refractivity contribution in [1.82, 2.24) is 14.7 Å². The lowest BCUT2D eigenvalue weighted by atomic mass is 9.92. The molecule has 4 amide bonds. The second-order valence-corrected chi connectivity index (χ2v) is 32.9. The molecule has 0 bridgehead atoms. The number of phenols is 1. The Hall–Kier alpha value is -12.5. The fourth-order valence-corrected chi connectivity index (χ4v) is 16.3. The number of para-hydroxylation sites is 2. The van der Waals surface area contributed by atoms with E-state index in [9.17, 15) is 53.1 Å². The maximum atomic E-state index is 13.1. The molecule has 2 atom stereocenters. The maximum absolute atomic E-state index is 13.1. The third-order valence-corrected chi connectivity index (χ3v) is 23.7. The first-order chi connectivity index (χ1) is 60.9. The van der Waals surface area contributed by atoms with E-state index < -0.39 is 0 Å². The van der Waals surface area contributed by atoms with Crippen molar-refractivity contribution in [2.75, 3.05) is 80.0 Å². The van der Waals surface area contributed by atoms with Crippen LogP contribution >= 0.6 is 0 Å². The third kappa shape index (κ3) is 31.9. The van der Waals surface area contributed by atoms with Crippen molar-refractivity contribution < 1.29 is 62.5 Å². The van der Waals surface area contributed by atoms with Gasteiger partial charge in [0.05, 0.1) is 32.2 Å². The zero-order chi connectivity index (χ0) is 90.1. The third-order valence-electron chi connectivity index (χ3n) is 23.7. The van der Waals surface area contributed by atoms with Gasteiger partial charge in [0, 0.05) is 173 Å². The number of hydrogen-bond donors (Lipinski definition) is 6. The number of benzene rings is 9. The van der Waals surface area contributed by atoms with Gasteiger partial charge in [0.15, 0.2) is 0 Å². The van der Waals surface area contributed by atoms with Crippen LogP contribution in [-0.4, -0.2) is 125 Å². The van der Waals surface area contributed by atoms with E-state index in [0.717, 1.165) is 186 Å². The van der Waals surface area contributed by atoms with E-state index in [0.29, 0.717) is 102 Å². The molecular formula is C104H129N9O13. The summed E-state index contributed by atoms with van der Waals surface area (Å²) in [6, 6.07) is 63.6. The molecule has 22 heteroatoms. The Bertz CT molecular complexity index is 5050. The van der Waals surface area contributed by atoms with Gasteiger partial charge < -0.3 is 62.8 Å². The summed E-state index contributed by atoms with van der Waals surface area (Å²) in [5.74, 6) is 1.60. The minimum atomic E-state index is -0.304. The number of methoxy groups -OCH3 is 1. The predicted octanol–water partition coefficient (Wildman–Crippen LogP) is 17.9. The summed E-state index contributed by atoms with van der Waals surface area (Å²) >= 11 is 0. The van der Waals surface area contributed by atoms with Crippen LogP contribution in [0.5, 0.6) is 11.5 Å². The van der Waals surface area contributed by atoms with Crippen LogP contribution in [0.4, 0.5) is 34.1 Å². The van der Waals surface area contributed by atoms with Gasteiger partial charge in [-0.2, -0.15) is 0 Å². The van der Waals surface area contributed by atoms with Crippen molar-refractivity contribution in [3.05, 3.63) is 250 Å². The number of ether oxygens (including phenoxy) is 2. The number of hydrogen-bond acceptors (Lipinski definition) is 18. The van der Waals surface area contributed by atoms with Gasteiger partial charge in [0.2, 0.25) is 23.6 Å². The highest BCUT2D eigenvalue weighted by molar-refractivity contribution is 5.98. The smallest absolute Gasteiger partial charge is 0.306 e. The highest BCUT2D eigenvalue weighted by Gasteiger charge is 2.33. The predicted molar refractivity (Wildman–Crippen MR) is 501 cm³/mol. The normalized spacial score (nSPS) is 14.5. The van der Waals surface area contributed by atoms with Gasteiger partial charge in [0.1, 0.15) is 40.4 Å². The first-order valence-corrected chi connectivity index (χ1v) is 45.0. The van der Waals surface area contributed by atoms with Crippen LogP contribution < -0.4 is 38.3 Å². The molecule has 4 aliphatic heterocycles. The van der Waals surface area contributed by atoms with E-state index in [1.165, 1.54) is 12.0 Å². The maximum Gasteiger partial charge on any atom is 0.306 e. The molecule has 0 aliphatic carbocycles. The number of aryl methyl sites for hydroxylation is 6. The number of rotatable bonds is 35. The van der Waals surface area contributed by atoms with Gasteiger partial charge in [-0.05, 0) is 221 Å². The number of anilines is 6. The molecule has 0 saturated carbocycles. The molecule has 22 nitrogen and oxygen atoms in total. The summed E-state index contributed by atoms with van der Waals surface area (Å²) in [6.45, 7) is 8.01. The number of carbonyl (C=O) groups is 10. The van der Waals surface area contributed by atoms with E-state index in [2.05, 4.69) is 13.0 Å². The van der Waals surface area contributed by atoms with Crippen molar-refractivity contribution in [2.45, 2.75) is 225 Å².